The normalized spacial score (nSPS) is 15.5. The third-order valence-electron chi connectivity index (χ3n) is 5.14. The van der Waals surface area contributed by atoms with Crippen LogP contribution in [0.3, 0.4) is 0 Å². The van der Waals surface area contributed by atoms with Gasteiger partial charge in [0.05, 0.1) is 6.42 Å². The van der Waals surface area contributed by atoms with Gasteiger partial charge in [-0.1, -0.05) is 72.8 Å². The third kappa shape index (κ3) is 2.89. The summed E-state index contributed by atoms with van der Waals surface area (Å²) in [7, 11) is 0. The van der Waals surface area contributed by atoms with E-state index in [1.807, 2.05) is 60.7 Å². The molecule has 27 heavy (non-hydrogen) atoms. The van der Waals surface area contributed by atoms with E-state index in [-0.39, 0.29) is 11.9 Å². The van der Waals surface area contributed by atoms with Crippen LogP contribution in [-0.2, 0) is 0 Å². The van der Waals surface area contributed by atoms with Crippen LogP contribution in [0.15, 0.2) is 84.9 Å². The van der Waals surface area contributed by atoms with Crippen molar-refractivity contribution >= 4 is 33.4 Å². The number of hydrogen-bond acceptors (Lipinski definition) is 2. The lowest BCUT2D eigenvalue weighted by Crippen LogP contribution is -2.21. The van der Waals surface area contributed by atoms with Crippen LogP contribution in [0.5, 0.6) is 5.75 Å². The van der Waals surface area contributed by atoms with E-state index < -0.39 is 0 Å². The summed E-state index contributed by atoms with van der Waals surface area (Å²) in [6.07, 6.45) is 4.11. The lowest BCUT2D eigenvalue weighted by atomic mass is 9.97. The molecule has 0 bridgehead atoms. The average Bonchev–Trinajstić information content (AvgIpc) is 2.73. The molecule has 0 fully saturated rings. The number of carbonyl (C=O) groups excluding carboxylic acids is 1. The second-order valence-electron chi connectivity index (χ2n) is 6.90. The molecule has 1 unspecified atom stereocenters. The zero-order valence-electron chi connectivity index (χ0n) is 14.8. The second kappa shape index (κ2) is 6.40. The Morgan fingerprint density at radius 2 is 1.59 bits per heavy atom. The first kappa shape index (κ1) is 15.8. The summed E-state index contributed by atoms with van der Waals surface area (Å²) >= 11 is 0. The van der Waals surface area contributed by atoms with Gasteiger partial charge >= 0.3 is 0 Å². The average molecular weight is 350 g/mol. The summed E-state index contributed by atoms with van der Waals surface area (Å²) in [5, 5.41) is 4.69. The van der Waals surface area contributed by atoms with E-state index in [1.165, 1.54) is 16.2 Å². The number of benzene rings is 4. The molecule has 1 atom stereocenters. The predicted octanol–water partition coefficient (Wildman–Crippen LogP) is 6.04. The fraction of sp³-hybridized carbons (Fsp3) is 0.0800. The maximum absolute atomic E-state index is 12.8. The van der Waals surface area contributed by atoms with Crippen molar-refractivity contribution in [2.75, 3.05) is 0 Å². The van der Waals surface area contributed by atoms with E-state index in [9.17, 15) is 4.79 Å². The number of ether oxygens (including phenoxy) is 1. The maximum atomic E-state index is 12.8. The first-order chi connectivity index (χ1) is 13.3. The van der Waals surface area contributed by atoms with Crippen LogP contribution < -0.4 is 4.74 Å². The van der Waals surface area contributed by atoms with Gasteiger partial charge in [0.2, 0.25) is 0 Å². The first-order valence-corrected chi connectivity index (χ1v) is 9.16. The fourth-order valence-corrected chi connectivity index (χ4v) is 3.74. The zero-order valence-corrected chi connectivity index (χ0v) is 14.8. The van der Waals surface area contributed by atoms with Crippen molar-refractivity contribution in [2.24, 2.45) is 0 Å². The van der Waals surface area contributed by atoms with Crippen LogP contribution in [0.2, 0.25) is 0 Å². The van der Waals surface area contributed by atoms with Crippen LogP contribution in [0.4, 0.5) is 0 Å². The summed E-state index contributed by atoms with van der Waals surface area (Å²) < 4.78 is 5.96. The number of hydrogen-bond donors (Lipinski definition) is 0. The van der Waals surface area contributed by atoms with Crippen molar-refractivity contribution in [3.05, 3.63) is 96.1 Å². The van der Waals surface area contributed by atoms with Crippen molar-refractivity contribution in [2.45, 2.75) is 12.5 Å². The molecule has 130 valence electrons. The van der Waals surface area contributed by atoms with Crippen LogP contribution in [0, 0.1) is 0 Å². The molecule has 1 aliphatic rings. The standard InChI is InChI=1S/C25H18O2/c26-24(16-21-13-11-18-6-2-4-8-25(18)27-21)20-12-14-23-19(15-20)10-9-17-5-1-3-7-22(17)23/h1-15,21H,16H2. The number of Topliss-reactive ketones (excluding diaryl/α,β-unsaturated/α-hetero) is 1. The number of fused-ring (bicyclic) bond motifs is 4. The molecule has 4 aromatic rings. The molecule has 0 saturated heterocycles. The Bertz CT molecular complexity index is 1200. The van der Waals surface area contributed by atoms with Gasteiger partial charge in [0.1, 0.15) is 11.9 Å². The molecule has 0 N–H and O–H groups in total. The van der Waals surface area contributed by atoms with Gasteiger partial charge in [-0.3, -0.25) is 4.79 Å². The topological polar surface area (TPSA) is 26.3 Å². The maximum Gasteiger partial charge on any atom is 0.166 e. The molecule has 0 amide bonds. The van der Waals surface area contributed by atoms with Crippen molar-refractivity contribution in [1.29, 1.82) is 0 Å². The second-order valence-corrected chi connectivity index (χ2v) is 6.90. The van der Waals surface area contributed by atoms with E-state index in [2.05, 4.69) is 30.3 Å². The number of carbonyl (C=O) groups is 1. The van der Waals surface area contributed by atoms with Crippen molar-refractivity contribution < 1.29 is 9.53 Å². The highest BCUT2D eigenvalue weighted by Gasteiger charge is 2.19. The van der Waals surface area contributed by atoms with E-state index in [0.29, 0.717) is 6.42 Å². The predicted molar refractivity (Wildman–Crippen MR) is 110 cm³/mol. The van der Waals surface area contributed by atoms with E-state index in [0.717, 1.165) is 22.3 Å². The zero-order chi connectivity index (χ0) is 18.2. The lowest BCUT2D eigenvalue weighted by molar-refractivity contribution is 0.0935. The van der Waals surface area contributed by atoms with Gasteiger partial charge in [0, 0.05) is 11.1 Å². The summed E-state index contributed by atoms with van der Waals surface area (Å²) in [4.78, 5) is 12.8. The molecule has 0 radical (unpaired) electrons. The molecule has 0 aliphatic carbocycles. The molecule has 4 aromatic carbocycles. The van der Waals surface area contributed by atoms with Crippen molar-refractivity contribution in [1.82, 2.24) is 0 Å². The molecule has 2 nitrogen and oxygen atoms in total. The highest BCUT2D eigenvalue weighted by atomic mass is 16.5. The minimum Gasteiger partial charge on any atom is -0.485 e. The molecular formula is C25H18O2. The SMILES string of the molecule is O=C(CC1C=Cc2ccccc2O1)c1ccc2c(ccc3ccccc32)c1. The summed E-state index contributed by atoms with van der Waals surface area (Å²) in [6.45, 7) is 0. The molecule has 5 rings (SSSR count). The minimum atomic E-state index is -0.222. The van der Waals surface area contributed by atoms with Crippen LogP contribution >= 0.6 is 0 Å². The van der Waals surface area contributed by atoms with Crippen LogP contribution in [0.1, 0.15) is 22.3 Å². The Morgan fingerprint density at radius 3 is 2.56 bits per heavy atom. The van der Waals surface area contributed by atoms with Gasteiger partial charge in [-0.25, -0.2) is 0 Å². The largest absolute Gasteiger partial charge is 0.485 e. The van der Waals surface area contributed by atoms with Crippen LogP contribution in [0.25, 0.3) is 27.6 Å². The Balaban J connectivity index is 1.42. The quantitative estimate of drug-likeness (QED) is 0.332. The van der Waals surface area contributed by atoms with Gasteiger partial charge < -0.3 is 4.74 Å². The van der Waals surface area contributed by atoms with Gasteiger partial charge in [0.15, 0.2) is 5.78 Å². The Hall–Kier alpha value is -3.39. The smallest absolute Gasteiger partial charge is 0.166 e. The monoisotopic (exact) mass is 350 g/mol. The molecular weight excluding hydrogens is 332 g/mol. The molecule has 1 heterocycles. The molecule has 0 saturated carbocycles. The number of ketones is 1. The van der Waals surface area contributed by atoms with Crippen molar-refractivity contribution in [3.8, 4) is 5.75 Å². The van der Waals surface area contributed by atoms with E-state index in [1.54, 1.807) is 0 Å². The first-order valence-electron chi connectivity index (χ1n) is 9.16. The summed E-state index contributed by atoms with van der Waals surface area (Å²) in [6, 6.07) is 26.4. The Labute approximate surface area is 157 Å². The highest BCUT2D eigenvalue weighted by Crippen LogP contribution is 2.29. The van der Waals surface area contributed by atoms with Crippen molar-refractivity contribution in [3.63, 3.8) is 0 Å². The summed E-state index contributed by atoms with van der Waals surface area (Å²) in [5.74, 6) is 0.932. The van der Waals surface area contributed by atoms with Gasteiger partial charge in [-0.05, 0) is 39.8 Å². The fourth-order valence-electron chi connectivity index (χ4n) is 3.74. The Kier molecular flexibility index (Phi) is 3.75. The molecule has 0 aromatic heterocycles. The third-order valence-corrected chi connectivity index (χ3v) is 5.14. The molecule has 1 aliphatic heterocycles. The molecule has 2 heteroatoms. The van der Waals surface area contributed by atoms with E-state index >= 15 is 0 Å². The number of rotatable bonds is 3. The van der Waals surface area contributed by atoms with Gasteiger partial charge in [-0.2, -0.15) is 0 Å². The van der Waals surface area contributed by atoms with Gasteiger partial charge in [0.25, 0.3) is 0 Å². The molecule has 0 spiro atoms. The van der Waals surface area contributed by atoms with E-state index in [4.69, 9.17) is 4.74 Å². The van der Waals surface area contributed by atoms with Crippen LogP contribution in [-0.4, -0.2) is 11.9 Å². The lowest BCUT2D eigenvalue weighted by Gasteiger charge is -2.21. The summed E-state index contributed by atoms with van der Waals surface area (Å²) in [5.41, 5.74) is 1.78. The Morgan fingerprint density at radius 1 is 0.815 bits per heavy atom. The number of para-hydroxylation sites is 1. The minimum absolute atomic E-state index is 0.0964. The highest BCUT2D eigenvalue weighted by molar-refractivity contribution is 6.09. The van der Waals surface area contributed by atoms with Gasteiger partial charge in [-0.15, -0.1) is 0 Å².